The summed E-state index contributed by atoms with van der Waals surface area (Å²) in [6, 6.07) is 11.7. The normalized spacial score (nSPS) is 14.8. The summed E-state index contributed by atoms with van der Waals surface area (Å²) < 4.78 is 28.6. The third kappa shape index (κ3) is 5.91. The van der Waals surface area contributed by atoms with Gasteiger partial charge in [0.25, 0.3) is 6.01 Å². The van der Waals surface area contributed by atoms with Crippen molar-refractivity contribution in [3.8, 4) is 23.0 Å². The van der Waals surface area contributed by atoms with Crippen LogP contribution in [-0.2, 0) is 17.9 Å². The number of allylic oxidation sites excluding steroid dienone is 2. The molecule has 0 fully saturated rings. The molecule has 10 heteroatoms. The van der Waals surface area contributed by atoms with Crippen molar-refractivity contribution < 1.29 is 33.3 Å². The largest absolute Gasteiger partial charge is 0.497 e. The van der Waals surface area contributed by atoms with Gasteiger partial charge in [-0.1, -0.05) is 6.08 Å². The summed E-state index contributed by atoms with van der Waals surface area (Å²) in [5.74, 6) is 1.48. The third-order valence-electron chi connectivity index (χ3n) is 7.34. The molecule has 10 nitrogen and oxygen atoms in total. The van der Waals surface area contributed by atoms with E-state index in [1.807, 2.05) is 41.3 Å². The summed E-state index contributed by atoms with van der Waals surface area (Å²) in [5, 5.41) is 9.60. The maximum atomic E-state index is 11.7. The van der Waals surface area contributed by atoms with Crippen LogP contribution in [0.1, 0.15) is 36.0 Å². The van der Waals surface area contributed by atoms with Crippen molar-refractivity contribution in [1.82, 2.24) is 9.97 Å². The van der Waals surface area contributed by atoms with Crippen LogP contribution in [-0.4, -0.2) is 49.5 Å². The summed E-state index contributed by atoms with van der Waals surface area (Å²) in [6.07, 6.45) is 7.17. The quantitative estimate of drug-likeness (QED) is 0.244. The van der Waals surface area contributed by atoms with E-state index in [-0.39, 0.29) is 0 Å². The molecule has 41 heavy (non-hydrogen) atoms. The molecule has 0 aliphatic heterocycles. The lowest BCUT2D eigenvalue weighted by Crippen LogP contribution is -2.23. The van der Waals surface area contributed by atoms with Crippen LogP contribution in [0.15, 0.2) is 59.3 Å². The number of carboxylic acids is 1. The predicted octanol–water partition coefficient (Wildman–Crippen LogP) is 5.73. The Labute approximate surface area is 238 Å². The second kappa shape index (κ2) is 12.2. The Morgan fingerprint density at radius 1 is 0.951 bits per heavy atom. The fourth-order valence-electron chi connectivity index (χ4n) is 5.11. The fourth-order valence-corrected chi connectivity index (χ4v) is 5.11. The van der Waals surface area contributed by atoms with Gasteiger partial charge >= 0.3 is 5.97 Å². The van der Waals surface area contributed by atoms with Crippen molar-refractivity contribution in [2.24, 2.45) is 5.92 Å². The molecule has 0 saturated heterocycles. The summed E-state index contributed by atoms with van der Waals surface area (Å²) >= 11 is 0. The third-order valence-corrected chi connectivity index (χ3v) is 7.34. The van der Waals surface area contributed by atoms with Gasteiger partial charge in [0.2, 0.25) is 0 Å². The SMILES string of the molecule is COc1ccc(CN(Cc2ccc(OC)cc2OC)c2nc3cncc(C4=CCC[C@@H](C(=O)O)C4)c3o2)c(OC)c1. The first-order chi connectivity index (χ1) is 19.9. The lowest BCUT2D eigenvalue weighted by atomic mass is 9.86. The van der Waals surface area contributed by atoms with Gasteiger partial charge in [-0.05, 0) is 49.1 Å². The highest BCUT2D eigenvalue weighted by Gasteiger charge is 2.26. The number of rotatable bonds is 11. The van der Waals surface area contributed by atoms with E-state index in [1.165, 1.54) is 0 Å². The molecule has 1 aliphatic carbocycles. The molecule has 0 saturated carbocycles. The number of aliphatic carboxylic acids is 1. The van der Waals surface area contributed by atoms with Crippen LogP contribution >= 0.6 is 0 Å². The number of anilines is 1. The molecule has 214 valence electrons. The molecule has 2 heterocycles. The highest BCUT2D eigenvalue weighted by Crippen LogP contribution is 2.37. The van der Waals surface area contributed by atoms with E-state index >= 15 is 0 Å². The number of nitrogens with zero attached hydrogens (tertiary/aromatic N) is 3. The molecule has 0 spiro atoms. The smallest absolute Gasteiger partial charge is 0.306 e. The molecule has 0 amide bonds. The molecule has 0 radical (unpaired) electrons. The van der Waals surface area contributed by atoms with Crippen molar-refractivity contribution >= 4 is 28.7 Å². The number of methoxy groups -OCH3 is 4. The Bertz CT molecular complexity index is 1520. The monoisotopic (exact) mass is 559 g/mol. The topological polar surface area (TPSA) is 116 Å². The van der Waals surface area contributed by atoms with Gasteiger partial charge in [0.1, 0.15) is 28.5 Å². The van der Waals surface area contributed by atoms with E-state index in [0.717, 1.165) is 22.3 Å². The number of hydrogen-bond donors (Lipinski definition) is 1. The van der Waals surface area contributed by atoms with E-state index in [2.05, 4.69) is 11.1 Å². The first-order valence-electron chi connectivity index (χ1n) is 13.3. The predicted molar refractivity (Wildman–Crippen MR) is 154 cm³/mol. The van der Waals surface area contributed by atoms with Crippen LogP contribution in [0.3, 0.4) is 0 Å². The fraction of sp³-hybridized carbons (Fsp3) is 0.323. The minimum atomic E-state index is -0.790. The molecular formula is C31H33N3O7. The lowest BCUT2D eigenvalue weighted by Gasteiger charge is -2.23. The molecule has 1 N–H and O–H groups in total. The van der Waals surface area contributed by atoms with Crippen molar-refractivity contribution in [2.75, 3.05) is 33.3 Å². The molecule has 0 bridgehead atoms. The second-order valence-electron chi connectivity index (χ2n) is 9.79. The van der Waals surface area contributed by atoms with Gasteiger partial charge < -0.3 is 33.4 Å². The first kappa shape index (κ1) is 27.8. The molecule has 2 aromatic heterocycles. The maximum absolute atomic E-state index is 11.7. The summed E-state index contributed by atoms with van der Waals surface area (Å²) in [6.45, 7) is 0.809. The van der Waals surface area contributed by atoms with Crippen molar-refractivity contribution in [3.63, 3.8) is 0 Å². The zero-order valence-electron chi connectivity index (χ0n) is 23.5. The van der Waals surface area contributed by atoms with Gasteiger partial charge in [-0.25, -0.2) is 0 Å². The van der Waals surface area contributed by atoms with Crippen LogP contribution in [0, 0.1) is 5.92 Å². The number of carboxylic acid groups (broad SMARTS) is 1. The standard InChI is InChI=1S/C31H33N3O7/c1-37-23-10-8-21(27(13-23)39-3)17-34(18-22-9-11-24(38-2)14-28(22)40-4)31-33-26-16-32-15-25(29(26)41-31)19-6-5-7-20(12-19)30(35)36/h6,8-11,13-16,20H,5,7,12,17-18H2,1-4H3,(H,35,36)/t20-/m1/s1. The number of pyridine rings is 1. The van der Waals surface area contributed by atoms with Gasteiger partial charge in [-0.2, -0.15) is 4.98 Å². The average Bonchev–Trinajstić information content (AvgIpc) is 3.45. The van der Waals surface area contributed by atoms with E-state index in [9.17, 15) is 9.90 Å². The zero-order valence-corrected chi connectivity index (χ0v) is 23.5. The van der Waals surface area contributed by atoms with Crippen LogP contribution < -0.4 is 23.8 Å². The van der Waals surface area contributed by atoms with Crippen LogP contribution in [0.25, 0.3) is 16.7 Å². The maximum Gasteiger partial charge on any atom is 0.306 e. The van der Waals surface area contributed by atoms with Gasteiger partial charge in [0, 0.05) is 35.0 Å². The van der Waals surface area contributed by atoms with E-state index in [4.69, 9.17) is 28.3 Å². The average molecular weight is 560 g/mol. The summed E-state index contributed by atoms with van der Waals surface area (Å²) in [5.41, 5.74) is 4.63. The molecule has 1 aliphatic rings. The molecule has 0 unspecified atom stereocenters. The van der Waals surface area contributed by atoms with Gasteiger partial charge in [-0.3, -0.25) is 9.78 Å². The van der Waals surface area contributed by atoms with Crippen molar-refractivity contribution in [1.29, 1.82) is 0 Å². The highest BCUT2D eigenvalue weighted by molar-refractivity contribution is 5.89. The Hall–Kier alpha value is -4.73. The lowest BCUT2D eigenvalue weighted by molar-refractivity contribution is -0.141. The zero-order chi connectivity index (χ0) is 28.9. The van der Waals surface area contributed by atoms with Gasteiger partial charge in [0.05, 0.1) is 53.6 Å². The van der Waals surface area contributed by atoms with Gasteiger partial charge in [0.15, 0.2) is 5.58 Å². The first-order valence-corrected chi connectivity index (χ1v) is 13.3. The van der Waals surface area contributed by atoms with E-state index in [0.29, 0.717) is 72.5 Å². The number of benzene rings is 2. The highest BCUT2D eigenvalue weighted by atomic mass is 16.5. The summed E-state index contributed by atoms with van der Waals surface area (Å²) in [4.78, 5) is 22.9. The van der Waals surface area contributed by atoms with Gasteiger partial charge in [-0.15, -0.1) is 0 Å². The number of aromatic nitrogens is 2. The summed E-state index contributed by atoms with van der Waals surface area (Å²) in [7, 11) is 6.46. The number of carbonyl (C=O) groups is 1. The van der Waals surface area contributed by atoms with Crippen molar-refractivity contribution in [3.05, 3.63) is 71.6 Å². The number of oxazole rings is 1. The Morgan fingerprint density at radius 3 is 2.15 bits per heavy atom. The second-order valence-corrected chi connectivity index (χ2v) is 9.79. The van der Waals surface area contributed by atoms with Crippen molar-refractivity contribution in [2.45, 2.75) is 32.4 Å². The molecule has 1 atom stereocenters. The Morgan fingerprint density at radius 2 is 1.59 bits per heavy atom. The minimum absolute atomic E-state index is 0.385. The molecule has 4 aromatic rings. The Kier molecular flexibility index (Phi) is 8.28. The van der Waals surface area contributed by atoms with Crippen LogP contribution in [0.5, 0.6) is 23.0 Å². The van der Waals surface area contributed by atoms with E-state index in [1.54, 1.807) is 40.8 Å². The Balaban J connectivity index is 1.57. The van der Waals surface area contributed by atoms with Crippen LogP contribution in [0.2, 0.25) is 0 Å². The van der Waals surface area contributed by atoms with Crippen LogP contribution in [0.4, 0.5) is 6.01 Å². The molecule has 5 rings (SSSR count). The molecular weight excluding hydrogens is 526 g/mol. The number of hydrogen-bond acceptors (Lipinski definition) is 9. The number of ether oxygens (including phenoxy) is 4. The minimum Gasteiger partial charge on any atom is -0.497 e. The molecule has 2 aromatic carbocycles. The van der Waals surface area contributed by atoms with E-state index < -0.39 is 11.9 Å². The number of fused-ring (bicyclic) bond motifs is 1.